The van der Waals surface area contributed by atoms with Crippen molar-refractivity contribution in [3.63, 3.8) is 0 Å². The second-order valence-corrected chi connectivity index (χ2v) is 5.35. The molecule has 2 N–H and O–H groups in total. The van der Waals surface area contributed by atoms with Crippen molar-refractivity contribution in [2.45, 2.75) is 38.9 Å². The van der Waals surface area contributed by atoms with Crippen molar-refractivity contribution < 1.29 is 19.2 Å². The van der Waals surface area contributed by atoms with E-state index in [0.717, 1.165) is 6.07 Å². The molecule has 0 aromatic heterocycles. The van der Waals surface area contributed by atoms with Gasteiger partial charge in [-0.15, -0.1) is 0 Å². The highest BCUT2D eigenvalue weighted by Crippen LogP contribution is 2.25. The van der Waals surface area contributed by atoms with E-state index in [1.165, 1.54) is 26.0 Å². The Balaban J connectivity index is 3.10. The number of hydrogen-bond donors (Lipinski definition) is 2. The van der Waals surface area contributed by atoms with Crippen LogP contribution in [0.3, 0.4) is 0 Å². The minimum Gasteiger partial charge on any atom is -0.423 e. The molecular weight excluding hydrogens is 248 g/mol. The fourth-order valence-corrected chi connectivity index (χ4v) is 1.37. The lowest BCUT2D eigenvalue weighted by Gasteiger charge is -2.38. The molecule has 0 unspecified atom stereocenters. The van der Waals surface area contributed by atoms with Crippen LogP contribution in [0.15, 0.2) is 18.2 Å². The van der Waals surface area contributed by atoms with Crippen LogP contribution in [0.1, 0.15) is 33.3 Å². The molecule has 0 saturated heterocycles. The Bertz CT molecular complexity index is 506. The van der Waals surface area contributed by atoms with Crippen molar-refractivity contribution in [3.05, 3.63) is 29.6 Å². The Morgan fingerprint density at radius 3 is 2.37 bits per heavy atom. The fraction of sp³-hybridized carbons (Fsp3) is 0.462. The van der Waals surface area contributed by atoms with Gasteiger partial charge in [-0.1, -0.05) is 6.07 Å². The summed E-state index contributed by atoms with van der Waals surface area (Å²) in [6.07, 6.45) is 0. The minimum atomic E-state index is -1.63. The quantitative estimate of drug-likeness (QED) is 0.795. The lowest BCUT2D eigenvalue weighted by Crippen LogP contribution is -2.54. The van der Waals surface area contributed by atoms with Crippen LogP contribution in [-0.2, 0) is 4.65 Å². The molecule has 6 heteroatoms. The van der Waals surface area contributed by atoms with E-state index < -0.39 is 24.1 Å². The van der Waals surface area contributed by atoms with Gasteiger partial charge in [-0.05, 0) is 39.8 Å². The van der Waals surface area contributed by atoms with Crippen molar-refractivity contribution >= 4 is 12.6 Å². The Morgan fingerprint density at radius 1 is 1.32 bits per heavy atom. The number of aliphatic hydroxyl groups is 1. The smallest absolute Gasteiger partial charge is 0.423 e. The summed E-state index contributed by atoms with van der Waals surface area (Å²) in [6.45, 7) is 6.19. The molecule has 0 heterocycles. The van der Waals surface area contributed by atoms with Gasteiger partial charge in [0.15, 0.2) is 0 Å². The van der Waals surface area contributed by atoms with Gasteiger partial charge in [0.25, 0.3) is 0 Å². The van der Waals surface area contributed by atoms with Gasteiger partial charge < -0.3 is 14.8 Å². The molecule has 1 aromatic rings. The van der Waals surface area contributed by atoms with Crippen LogP contribution >= 0.6 is 0 Å². The summed E-state index contributed by atoms with van der Waals surface area (Å²) >= 11 is 0. The van der Waals surface area contributed by atoms with Crippen molar-refractivity contribution in [2.24, 2.45) is 0 Å². The van der Waals surface area contributed by atoms with Crippen LogP contribution in [0.4, 0.5) is 4.39 Å². The summed E-state index contributed by atoms with van der Waals surface area (Å²) in [6, 6.07) is 5.71. The molecule has 1 rings (SSSR count). The van der Waals surface area contributed by atoms with Gasteiger partial charge in [0, 0.05) is 5.46 Å². The van der Waals surface area contributed by atoms with Gasteiger partial charge in [0.05, 0.1) is 22.8 Å². The Morgan fingerprint density at radius 2 is 1.89 bits per heavy atom. The topological polar surface area (TPSA) is 73.5 Å². The first-order valence-electron chi connectivity index (χ1n) is 5.87. The molecule has 0 spiro atoms. The van der Waals surface area contributed by atoms with Crippen LogP contribution in [0.25, 0.3) is 0 Å². The summed E-state index contributed by atoms with van der Waals surface area (Å²) in [5, 5.41) is 28.8. The van der Waals surface area contributed by atoms with Gasteiger partial charge in [0.2, 0.25) is 0 Å². The Labute approximate surface area is 112 Å². The summed E-state index contributed by atoms with van der Waals surface area (Å²) in [5.74, 6) is -0.724. The van der Waals surface area contributed by atoms with E-state index in [4.69, 9.17) is 9.92 Å². The summed E-state index contributed by atoms with van der Waals surface area (Å²) in [7, 11) is -1.63. The number of rotatable bonds is 4. The maximum Gasteiger partial charge on any atom is 0.496 e. The lowest BCUT2D eigenvalue weighted by atomic mass is 9.74. The molecule has 0 atom stereocenters. The number of nitrogens with zero attached hydrogens (tertiary/aromatic N) is 1. The molecule has 0 aliphatic carbocycles. The minimum absolute atomic E-state index is 0.000883. The van der Waals surface area contributed by atoms with E-state index in [1.54, 1.807) is 19.9 Å². The van der Waals surface area contributed by atoms with Crippen molar-refractivity contribution in [2.75, 3.05) is 0 Å². The zero-order valence-corrected chi connectivity index (χ0v) is 11.4. The van der Waals surface area contributed by atoms with Gasteiger partial charge in [-0.3, -0.25) is 0 Å². The normalized spacial score (nSPS) is 12.1. The zero-order chi connectivity index (χ0) is 14.8. The molecule has 0 amide bonds. The van der Waals surface area contributed by atoms with Gasteiger partial charge in [-0.25, -0.2) is 4.39 Å². The highest BCUT2D eigenvalue weighted by molar-refractivity contribution is 6.61. The fourth-order valence-electron chi connectivity index (χ4n) is 1.37. The zero-order valence-electron chi connectivity index (χ0n) is 11.4. The summed E-state index contributed by atoms with van der Waals surface area (Å²) < 4.78 is 19.0. The largest absolute Gasteiger partial charge is 0.496 e. The highest BCUT2D eigenvalue weighted by atomic mass is 19.1. The summed E-state index contributed by atoms with van der Waals surface area (Å²) in [4.78, 5) is 0. The van der Waals surface area contributed by atoms with E-state index in [9.17, 15) is 14.5 Å². The van der Waals surface area contributed by atoms with E-state index in [0.29, 0.717) is 0 Å². The van der Waals surface area contributed by atoms with Crippen molar-refractivity contribution in [3.8, 4) is 6.07 Å². The molecule has 4 nitrogen and oxygen atoms in total. The third kappa shape index (κ3) is 3.32. The maximum absolute atomic E-state index is 13.7. The number of nitriles is 1. The van der Waals surface area contributed by atoms with Crippen LogP contribution in [0.5, 0.6) is 0 Å². The first kappa shape index (κ1) is 15.6. The van der Waals surface area contributed by atoms with Crippen molar-refractivity contribution in [1.82, 2.24) is 0 Å². The monoisotopic (exact) mass is 265 g/mol. The van der Waals surface area contributed by atoms with Crippen molar-refractivity contribution in [1.29, 1.82) is 5.26 Å². The molecule has 19 heavy (non-hydrogen) atoms. The van der Waals surface area contributed by atoms with Crippen LogP contribution < -0.4 is 5.46 Å². The maximum atomic E-state index is 13.7. The molecule has 0 radical (unpaired) electrons. The van der Waals surface area contributed by atoms with Gasteiger partial charge >= 0.3 is 7.12 Å². The number of benzene rings is 1. The first-order valence-corrected chi connectivity index (χ1v) is 5.87. The number of halogens is 1. The molecule has 1 aromatic carbocycles. The molecule has 102 valence electrons. The Kier molecular flexibility index (Phi) is 4.36. The third-order valence-corrected chi connectivity index (χ3v) is 3.30. The van der Waals surface area contributed by atoms with Crippen LogP contribution in [0, 0.1) is 17.1 Å². The Hall–Kier alpha value is -1.42. The van der Waals surface area contributed by atoms with E-state index in [1.807, 2.05) is 0 Å². The molecule has 0 aliphatic heterocycles. The van der Waals surface area contributed by atoms with Crippen LogP contribution in [-0.4, -0.2) is 28.5 Å². The predicted molar refractivity (Wildman–Crippen MR) is 70.2 cm³/mol. The standard InChI is InChI=1S/C13H17BFNO3/c1-12(2,17)13(3,4)19-14(18)11-9(8-16)6-5-7-10(11)15/h5-7,17-18H,1-4H3. The SMILES string of the molecule is CC(C)(O)C(C)(C)OB(O)c1c(F)cccc1C#N. The van der Waals surface area contributed by atoms with E-state index in [-0.39, 0.29) is 11.0 Å². The molecule has 0 bridgehead atoms. The van der Waals surface area contributed by atoms with E-state index >= 15 is 0 Å². The lowest BCUT2D eigenvalue weighted by molar-refractivity contribution is -0.0983. The van der Waals surface area contributed by atoms with Gasteiger partial charge in [-0.2, -0.15) is 5.26 Å². The van der Waals surface area contributed by atoms with E-state index in [2.05, 4.69) is 0 Å². The van der Waals surface area contributed by atoms with Gasteiger partial charge in [0.1, 0.15) is 5.82 Å². The molecular formula is C13H17BFNO3. The van der Waals surface area contributed by atoms with Crippen LogP contribution in [0.2, 0.25) is 0 Å². The molecule has 0 aliphatic rings. The first-order chi connectivity index (χ1) is 8.60. The second-order valence-electron chi connectivity index (χ2n) is 5.35. The predicted octanol–water partition coefficient (Wildman–Crippen LogP) is 0.951. The molecule has 0 fully saturated rings. The second kappa shape index (κ2) is 5.29. The summed E-state index contributed by atoms with van der Waals surface area (Å²) in [5.41, 5.74) is -2.59. The number of hydrogen-bond acceptors (Lipinski definition) is 4. The highest BCUT2D eigenvalue weighted by Gasteiger charge is 2.40. The molecule has 0 saturated carbocycles. The third-order valence-electron chi connectivity index (χ3n) is 3.30. The average Bonchev–Trinajstić information content (AvgIpc) is 2.26. The average molecular weight is 265 g/mol.